The van der Waals surface area contributed by atoms with E-state index in [0.717, 1.165) is 24.7 Å². The molecule has 2 fully saturated rings. The topological polar surface area (TPSA) is 15.3 Å². The Morgan fingerprint density at radius 2 is 2.06 bits per heavy atom. The molecule has 0 radical (unpaired) electrons. The Hall–Kier alpha value is -0.380. The van der Waals surface area contributed by atoms with E-state index in [-0.39, 0.29) is 0 Å². The zero-order valence-electron chi connectivity index (χ0n) is 10.8. The summed E-state index contributed by atoms with van der Waals surface area (Å²) in [5.74, 6) is 0. The molecule has 0 amide bonds. The summed E-state index contributed by atoms with van der Waals surface area (Å²) in [5, 5.41) is 5.97. The van der Waals surface area contributed by atoms with Gasteiger partial charge in [0.1, 0.15) is 0 Å². The van der Waals surface area contributed by atoms with Crippen molar-refractivity contribution in [2.24, 2.45) is 0 Å². The highest BCUT2D eigenvalue weighted by atomic mass is 32.1. The first-order chi connectivity index (χ1) is 8.24. The average molecular weight is 250 g/mol. The van der Waals surface area contributed by atoms with Crippen molar-refractivity contribution < 1.29 is 0 Å². The summed E-state index contributed by atoms with van der Waals surface area (Å²) in [6.45, 7) is 3.28. The van der Waals surface area contributed by atoms with Crippen LogP contribution in [-0.2, 0) is 6.54 Å². The summed E-state index contributed by atoms with van der Waals surface area (Å²) in [6, 6.07) is 4.65. The molecule has 3 rings (SSSR count). The first-order valence-corrected chi connectivity index (χ1v) is 7.60. The minimum atomic E-state index is 0.741. The third-order valence-corrected chi connectivity index (χ3v) is 5.64. The molecule has 3 heterocycles. The molecule has 1 aromatic rings. The van der Waals surface area contributed by atoms with Crippen LogP contribution in [0.5, 0.6) is 0 Å². The Bertz CT molecular complexity index is 373. The van der Waals surface area contributed by atoms with Crippen LogP contribution in [0.15, 0.2) is 11.4 Å². The molecule has 17 heavy (non-hydrogen) atoms. The Morgan fingerprint density at radius 1 is 1.35 bits per heavy atom. The van der Waals surface area contributed by atoms with Gasteiger partial charge < -0.3 is 10.2 Å². The number of nitrogens with zero attached hydrogens (tertiary/aromatic N) is 1. The minimum Gasteiger partial charge on any atom is -0.309 e. The highest BCUT2D eigenvalue weighted by Crippen LogP contribution is 2.34. The molecule has 2 atom stereocenters. The number of piperidine rings is 1. The minimum absolute atomic E-state index is 0.741. The molecule has 2 aliphatic rings. The second kappa shape index (κ2) is 4.71. The molecule has 3 heteroatoms. The summed E-state index contributed by atoms with van der Waals surface area (Å²) in [7, 11) is 2.31. The van der Waals surface area contributed by atoms with Crippen molar-refractivity contribution >= 4 is 11.3 Å². The van der Waals surface area contributed by atoms with Crippen LogP contribution in [0.4, 0.5) is 0 Å². The second-order valence-corrected chi connectivity index (χ2v) is 6.63. The zero-order chi connectivity index (χ0) is 11.8. The zero-order valence-corrected chi connectivity index (χ0v) is 11.6. The lowest BCUT2D eigenvalue weighted by molar-refractivity contribution is 0.148. The maximum Gasteiger partial charge on any atom is 0.0304 e. The van der Waals surface area contributed by atoms with Crippen LogP contribution in [0.1, 0.15) is 36.1 Å². The van der Waals surface area contributed by atoms with Crippen molar-refractivity contribution in [2.45, 2.75) is 57.3 Å². The van der Waals surface area contributed by atoms with Crippen LogP contribution in [0.3, 0.4) is 0 Å². The number of rotatable bonds is 3. The van der Waals surface area contributed by atoms with E-state index in [1.54, 1.807) is 0 Å². The van der Waals surface area contributed by atoms with Crippen molar-refractivity contribution in [3.05, 3.63) is 21.9 Å². The van der Waals surface area contributed by atoms with Gasteiger partial charge >= 0.3 is 0 Å². The normalized spacial score (nSPS) is 33.2. The second-order valence-electron chi connectivity index (χ2n) is 5.63. The molecule has 94 valence electrons. The number of nitrogens with one attached hydrogen (secondary N) is 1. The lowest BCUT2D eigenvalue weighted by atomic mass is 9.98. The molecule has 2 bridgehead atoms. The third-order valence-electron chi connectivity index (χ3n) is 4.62. The number of aryl methyl sites for hydroxylation is 1. The molecule has 2 saturated heterocycles. The summed E-state index contributed by atoms with van der Waals surface area (Å²) < 4.78 is 0. The first kappa shape index (κ1) is 11.7. The molecule has 0 aliphatic carbocycles. The van der Waals surface area contributed by atoms with E-state index in [4.69, 9.17) is 0 Å². The molecular weight excluding hydrogens is 228 g/mol. The van der Waals surface area contributed by atoms with Crippen molar-refractivity contribution in [3.8, 4) is 0 Å². The van der Waals surface area contributed by atoms with Gasteiger partial charge in [-0.15, -0.1) is 11.3 Å². The smallest absolute Gasteiger partial charge is 0.0304 e. The van der Waals surface area contributed by atoms with E-state index in [2.05, 4.69) is 35.6 Å². The largest absolute Gasteiger partial charge is 0.309 e. The van der Waals surface area contributed by atoms with E-state index in [1.165, 1.54) is 36.1 Å². The molecule has 1 aromatic heterocycles. The number of hydrogen-bond donors (Lipinski definition) is 1. The van der Waals surface area contributed by atoms with Crippen molar-refractivity contribution in [3.63, 3.8) is 0 Å². The maximum absolute atomic E-state index is 3.77. The molecule has 2 nitrogen and oxygen atoms in total. The highest BCUT2D eigenvalue weighted by Gasteiger charge is 2.37. The first-order valence-electron chi connectivity index (χ1n) is 6.72. The Balaban J connectivity index is 1.56. The Morgan fingerprint density at radius 3 is 2.65 bits per heavy atom. The van der Waals surface area contributed by atoms with Gasteiger partial charge in [-0.1, -0.05) is 0 Å². The SMILES string of the molecule is Cc1ccsc1CNC1CC2CCC(C1)N2C. The van der Waals surface area contributed by atoms with Crippen LogP contribution in [0.25, 0.3) is 0 Å². The monoisotopic (exact) mass is 250 g/mol. The van der Waals surface area contributed by atoms with Crippen LogP contribution in [-0.4, -0.2) is 30.1 Å². The van der Waals surface area contributed by atoms with E-state index in [9.17, 15) is 0 Å². The summed E-state index contributed by atoms with van der Waals surface area (Å²) in [5.41, 5.74) is 1.44. The summed E-state index contributed by atoms with van der Waals surface area (Å²) in [6.07, 6.45) is 5.52. The van der Waals surface area contributed by atoms with Crippen molar-refractivity contribution in [1.29, 1.82) is 0 Å². The fourth-order valence-corrected chi connectivity index (χ4v) is 4.26. The maximum atomic E-state index is 3.77. The van der Waals surface area contributed by atoms with Gasteiger partial charge in [-0.3, -0.25) is 0 Å². The Kier molecular flexibility index (Phi) is 3.24. The standard InChI is InChI=1S/C14H22N2S/c1-10-5-6-17-14(10)9-15-11-7-12-3-4-13(8-11)16(12)2/h5-6,11-13,15H,3-4,7-9H2,1-2H3. The predicted molar refractivity (Wildman–Crippen MR) is 73.5 cm³/mol. The number of fused-ring (bicyclic) bond motifs is 2. The van der Waals surface area contributed by atoms with Gasteiger partial charge in [0, 0.05) is 29.5 Å². The number of thiophene rings is 1. The lowest BCUT2D eigenvalue weighted by Gasteiger charge is -2.36. The quantitative estimate of drug-likeness (QED) is 0.887. The van der Waals surface area contributed by atoms with E-state index >= 15 is 0 Å². The molecule has 0 saturated carbocycles. The van der Waals surface area contributed by atoms with E-state index in [1.807, 2.05) is 11.3 Å². The molecule has 0 aromatic carbocycles. The van der Waals surface area contributed by atoms with Crippen LogP contribution >= 0.6 is 11.3 Å². The van der Waals surface area contributed by atoms with Gasteiger partial charge in [0.2, 0.25) is 0 Å². The van der Waals surface area contributed by atoms with E-state index < -0.39 is 0 Å². The summed E-state index contributed by atoms with van der Waals surface area (Å²) >= 11 is 1.88. The fourth-order valence-electron chi connectivity index (χ4n) is 3.40. The van der Waals surface area contributed by atoms with Gasteiger partial charge in [-0.25, -0.2) is 0 Å². The van der Waals surface area contributed by atoms with Crippen LogP contribution < -0.4 is 5.32 Å². The molecular formula is C14H22N2S. The lowest BCUT2D eigenvalue weighted by Crippen LogP contribution is -2.46. The molecule has 2 unspecified atom stereocenters. The van der Waals surface area contributed by atoms with Gasteiger partial charge in [0.25, 0.3) is 0 Å². The van der Waals surface area contributed by atoms with Gasteiger partial charge in [-0.2, -0.15) is 0 Å². The molecule has 1 N–H and O–H groups in total. The molecule has 2 aliphatic heterocycles. The molecule has 0 spiro atoms. The van der Waals surface area contributed by atoms with Gasteiger partial charge in [0.15, 0.2) is 0 Å². The van der Waals surface area contributed by atoms with Gasteiger partial charge in [-0.05, 0) is 56.7 Å². The van der Waals surface area contributed by atoms with Crippen molar-refractivity contribution in [2.75, 3.05) is 7.05 Å². The van der Waals surface area contributed by atoms with Crippen molar-refractivity contribution in [1.82, 2.24) is 10.2 Å². The highest BCUT2D eigenvalue weighted by molar-refractivity contribution is 7.10. The fraction of sp³-hybridized carbons (Fsp3) is 0.714. The van der Waals surface area contributed by atoms with Crippen LogP contribution in [0, 0.1) is 6.92 Å². The third kappa shape index (κ3) is 2.28. The van der Waals surface area contributed by atoms with Gasteiger partial charge in [0.05, 0.1) is 0 Å². The number of hydrogen-bond acceptors (Lipinski definition) is 3. The predicted octanol–water partition coefficient (Wildman–Crippen LogP) is 2.77. The van der Waals surface area contributed by atoms with E-state index in [0.29, 0.717) is 0 Å². The Labute approximate surface area is 108 Å². The summed E-state index contributed by atoms with van der Waals surface area (Å²) in [4.78, 5) is 4.12. The van der Waals surface area contributed by atoms with Crippen LogP contribution in [0.2, 0.25) is 0 Å². The average Bonchev–Trinajstić information content (AvgIpc) is 2.78.